The number of nitrogens with zero attached hydrogens (tertiary/aromatic N) is 2. The standard InChI is InChI=1S/C6H3N3S3/c1-3-4(8-11-7-3)2-6-5(1)9-12-10-6/h1-2,9H. The molecule has 12 heavy (non-hydrogen) atoms. The molecule has 2 aromatic rings. The zero-order valence-electron chi connectivity index (χ0n) is 5.77. The molecule has 1 N–H and O–H groups in total. The second kappa shape index (κ2) is 2.51. The van der Waals surface area contributed by atoms with E-state index < -0.39 is 0 Å². The van der Waals surface area contributed by atoms with Gasteiger partial charge in [-0.05, 0) is 22.9 Å². The topological polar surface area (TPSA) is 37.8 Å². The van der Waals surface area contributed by atoms with Gasteiger partial charge in [-0.2, -0.15) is 8.75 Å². The Bertz CT molecular complexity index is 401. The van der Waals surface area contributed by atoms with Gasteiger partial charge in [-0.25, -0.2) is 0 Å². The first-order chi connectivity index (χ1) is 5.93. The second-order valence-corrected chi connectivity index (χ2v) is 4.88. The Morgan fingerprint density at radius 1 is 1.17 bits per heavy atom. The van der Waals surface area contributed by atoms with Gasteiger partial charge in [0.2, 0.25) is 0 Å². The largest absolute Gasteiger partial charge is 0.319 e. The molecule has 1 aliphatic heterocycles. The van der Waals surface area contributed by atoms with E-state index in [1.165, 1.54) is 16.6 Å². The van der Waals surface area contributed by atoms with Crippen LogP contribution < -0.4 is 4.72 Å². The van der Waals surface area contributed by atoms with Crippen LogP contribution in [0, 0.1) is 0 Å². The van der Waals surface area contributed by atoms with Gasteiger partial charge in [0.25, 0.3) is 0 Å². The number of hydrogen-bond acceptors (Lipinski definition) is 6. The predicted octanol–water partition coefficient (Wildman–Crippen LogP) is 2.77. The van der Waals surface area contributed by atoms with Crippen molar-refractivity contribution in [3.05, 3.63) is 12.1 Å². The summed E-state index contributed by atoms with van der Waals surface area (Å²) in [7, 11) is 3.36. The van der Waals surface area contributed by atoms with Gasteiger partial charge in [-0.1, -0.05) is 0 Å². The molecule has 2 heterocycles. The van der Waals surface area contributed by atoms with E-state index in [0.29, 0.717) is 0 Å². The van der Waals surface area contributed by atoms with Crippen molar-refractivity contribution in [3.63, 3.8) is 0 Å². The van der Waals surface area contributed by atoms with Crippen molar-refractivity contribution in [2.24, 2.45) is 0 Å². The van der Waals surface area contributed by atoms with E-state index in [-0.39, 0.29) is 0 Å². The lowest BCUT2D eigenvalue weighted by atomic mass is 10.3. The van der Waals surface area contributed by atoms with Gasteiger partial charge in [0.15, 0.2) is 0 Å². The molecule has 0 fully saturated rings. The van der Waals surface area contributed by atoms with Crippen molar-refractivity contribution in [1.82, 2.24) is 8.75 Å². The van der Waals surface area contributed by atoms with Crippen molar-refractivity contribution in [2.45, 2.75) is 4.90 Å². The van der Waals surface area contributed by atoms with Crippen molar-refractivity contribution < 1.29 is 0 Å². The minimum Gasteiger partial charge on any atom is -0.319 e. The fourth-order valence-electron chi connectivity index (χ4n) is 1.07. The molecule has 0 saturated heterocycles. The van der Waals surface area contributed by atoms with E-state index in [9.17, 15) is 0 Å². The van der Waals surface area contributed by atoms with Crippen molar-refractivity contribution in [2.75, 3.05) is 4.72 Å². The van der Waals surface area contributed by atoms with E-state index in [2.05, 4.69) is 19.5 Å². The molecule has 1 aliphatic rings. The summed E-state index contributed by atoms with van der Waals surface area (Å²) in [6, 6.07) is 4.12. The van der Waals surface area contributed by atoms with Crippen molar-refractivity contribution in [1.29, 1.82) is 0 Å². The highest BCUT2D eigenvalue weighted by Gasteiger charge is 2.13. The molecular formula is C6H3N3S3. The summed E-state index contributed by atoms with van der Waals surface area (Å²) in [5, 5.41) is 0. The number of aromatic nitrogens is 2. The second-order valence-electron chi connectivity index (χ2n) is 2.37. The van der Waals surface area contributed by atoms with E-state index in [0.717, 1.165) is 16.7 Å². The SMILES string of the molecule is c1c2c(cc3nsnc13)SSN2. The monoisotopic (exact) mass is 213 g/mol. The summed E-state index contributed by atoms with van der Waals surface area (Å²) in [6.07, 6.45) is 0. The maximum atomic E-state index is 4.18. The minimum absolute atomic E-state index is 0.981. The highest BCUT2D eigenvalue weighted by Crippen LogP contribution is 2.45. The number of nitrogens with one attached hydrogen (secondary N) is 1. The first-order valence-electron chi connectivity index (χ1n) is 3.29. The third-order valence-electron chi connectivity index (χ3n) is 1.64. The maximum absolute atomic E-state index is 4.18. The number of fused-ring (bicyclic) bond motifs is 2. The number of rotatable bonds is 0. The van der Waals surface area contributed by atoms with E-state index in [4.69, 9.17) is 0 Å². The molecule has 0 amide bonds. The summed E-state index contributed by atoms with van der Waals surface area (Å²) in [5.74, 6) is 0. The molecule has 0 spiro atoms. The minimum atomic E-state index is 0.981. The quantitative estimate of drug-likeness (QED) is 0.538. The predicted molar refractivity (Wildman–Crippen MR) is 54.5 cm³/mol. The molecule has 3 rings (SSSR count). The highest BCUT2D eigenvalue weighted by atomic mass is 33.1. The summed E-state index contributed by atoms with van der Waals surface area (Å²) in [4.78, 5) is 1.25. The molecule has 0 radical (unpaired) electrons. The molecule has 60 valence electrons. The normalized spacial score (nSPS) is 14.7. The summed E-state index contributed by atoms with van der Waals surface area (Å²) < 4.78 is 11.5. The number of benzene rings is 1. The van der Waals surface area contributed by atoms with Crippen LogP contribution in [0.15, 0.2) is 17.0 Å². The lowest BCUT2D eigenvalue weighted by molar-refractivity contribution is 1.49. The Kier molecular flexibility index (Phi) is 1.46. The summed E-state index contributed by atoms with van der Waals surface area (Å²) in [5.41, 5.74) is 3.13. The Hall–Kier alpha value is -0.460. The Balaban J connectivity index is 2.38. The first kappa shape index (κ1) is 6.99. The van der Waals surface area contributed by atoms with Crippen LogP contribution >= 0.6 is 33.5 Å². The van der Waals surface area contributed by atoms with Gasteiger partial charge in [0.1, 0.15) is 11.0 Å². The van der Waals surface area contributed by atoms with Crippen LogP contribution in [-0.2, 0) is 0 Å². The maximum Gasteiger partial charge on any atom is 0.106 e. The molecule has 0 saturated carbocycles. The van der Waals surface area contributed by atoms with Gasteiger partial charge in [-0.15, -0.1) is 0 Å². The smallest absolute Gasteiger partial charge is 0.106 e. The Morgan fingerprint density at radius 2 is 2.00 bits per heavy atom. The van der Waals surface area contributed by atoms with Crippen molar-refractivity contribution >= 4 is 50.2 Å². The van der Waals surface area contributed by atoms with Crippen LogP contribution in [0.4, 0.5) is 5.69 Å². The summed E-state index contributed by atoms with van der Waals surface area (Å²) >= 11 is 1.26. The van der Waals surface area contributed by atoms with Gasteiger partial charge in [0, 0.05) is 15.9 Å². The molecule has 1 aromatic heterocycles. The van der Waals surface area contributed by atoms with Crippen LogP contribution in [0.2, 0.25) is 0 Å². The van der Waals surface area contributed by atoms with Gasteiger partial charge < -0.3 is 4.72 Å². The van der Waals surface area contributed by atoms with Crippen LogP contribution in [0.3, 0.4) is 0 Å². The Morgan fingerprint density at radius 3 is 2.92 bits per heavy atom. The molecule has 0 aliphatic carbocycles. The van der Waals surface area contributed by atoms with Crippen LogP contribution in [0.25, 0.3) is 11.0 Å². The van der Waals surface area contributed by atoms with Crippen LogP contribution in [-0.4, -0.2) is 8.75 Å². The average molecular weight is 213 g/mol. The van der Waals surface area contributed by atoms with Gasteiger partial charge in [0.05, 0.1) is 17.4 Å². The lowest BCUT2D eigenvalue weighted by Crippen LogP contribution is -1.78. The van der Waals surface area contributed by atoms with Gasteiger partial charge in [-0.3, -0.25) is 0 Å². The van der Waals surface area contributed by atoms with E-state index >= 15 is 0 Å². The van der Waals surface area contributed by atoms with Gasteiger partial charge >= 0.3 is 0 Å². The van der Waals surface area contributed by atoms with E-state index in [1.807, 2.05) is 6.07 Å². The van der Waals surface area contributed by atoms with Crippen LogP contribution in [0.5, 0.6) is 0 Å². The third kappa shape index (κ3) is 0.917. The molecule has 0 atom stereocenters. The highest BCUT2D eigenvalue weighted by molar-refractivity contribution is 8.77. The van der Waals surface area contributed by atoms with E-state index in [1.54, 1.807) is 21.8 Å². The number of anilines is 1. The zero-order chi connectivity index (χ0) is 7.97. The zero-order valence-corrected chi connectivity index (χ0v) is 8.22. The molecule has 0 bridgehead atoms. The third-order valence-corrected chi connectivity index (χ3v) is 4.14. The summed E-state index contributed by atoms with van der Waals surface area (Å²) in [6.45, 7) is 0. The fraction of sp³-hybridized carbons (Fsp3) is 0. The number of hydrogen-bond donors (Lipinski definition) is 1. The van der Waals surface area contributed by atoms with Crippen LogP contribution in [0.1, 0.15) is 0 Å². The van der Waals surface area contributed by atoms with Crippen molar-refractivity contribution in [3.8, 4) is 0 Å². The Labute approximate surface area is 80.8 Å². The molecule has 6 heteroatoms. The molecule has 1 aromatic carbocycles. The molecular weight excluding hydrogens is 210 g/mol. The lowest BCUT2D eigenvalue weighted by Gasteiger charge is -1.93. The average Bonchev–Trinajstić information content (AvgIpc) is 2.64. The molecule has 0 unspecified atom stereocenters. The fourth-order valence-corrected chi connectivity index (χ4v) is 3.47. The first-order valence-corrected chi connectivity index (χ1v) is 6.17. The molecule has 3 nitrogen and oxygen atoms in total.